The fourth-order valence-corrected chi connectivity index (χ4v) is 7.64. The fraction of sp³-hybridized carbons (Fsp3) is 0.956. The molecule has 0 aliphatic carbocycles. The minimum Gasteiger partial charge on any atom is -0.481 e. The number of hydrogen-bond donors (Lipinski definition) is 11. The van der Waals surface area contributed by atoms with Crippen LogP contribution in [-0.2, 0) is 9.59 Å². The first-order valence-corrected chi connectivity index (χ1v) is 25.0. The summed E-state index contributed by atoms with van der Waals surface area (Å²) >= 11 is 0. The molecule has 0 heterocycles. The van der Waals surface area contributed by atoms with Crippen molar-refractivity contribution in [3.8, 4) is 0 Å². The van der Waals surface area contributed by atoms with Crippen LogP contribution in [0.4, 0.5) is 0 Å². The summed E-state index contributed by atoms with van der Waals surface area (Å²) in [7, 11) is 0. The number of nitrogens with two attached hydrogens (primary N) is 8. The van der Waals surface area contributed by atoms with Crippen LogP contribution in [0.5, 0.6) is 0 Å². The van der Waals surface area contributed by atoms with Crippen molar-refractivity contribution in [2.24, 2.45) is 45.9 Å². The monoisotopic (exact) mass is 921 g/mol. The minimum absolute atomic E-state index is 0.745. The number of carboxylic acid groups (broad SMARTS) is 2. The Morgan fingerprint density at radius 3 is 0.609 bits per heavy atom. The van der Waals surface area contributed by atoms with Gasteiger partial charge >= 0.3 is 11.9 Å². The van der Waals surface area contributed by atoms with Crippen molar-refractivity contribution in [3.63, 3.8) is 0 Å². The highest BCUT2D eigenvalue weighted by atomic mass is 16.4. The van der Waals surface area contributed by atoms with Crippen LogP contribution in [0, 0.1) is 0 Å². The van der Waals surface area contributed by atoms with Crippen molar-refractivity contribution in [2.75, 3.05) is 170 Å². The van der Waals surface area contributed by atoms with Gasteiger partial charge in [0.05, 0.1) is 6.42 Å². The van der Waals surface area contributed by atoms with Gasteiger partial charge < -0.3 is 90.6 Å². The van der Waals surface area contributed by atoms with Gasteiger partial charge in [-0.3, -0.25) is 4.79 Å². The van der Waals surface area contributed by atoms with Crippen LogP contribution in [0.1, 0.15) is 103 Å². The fourth-order valence-electron chi connectivity index (χ4n) is 7.64. The predicted octanol–water partition coefficient (Wildman–Crippen LogP) is -0.774. The van der Waals surface area contributed by atoms with Gasteiger partial charge in [0.2, 0.25) is 0 Å². The van der Waals surface area contributed by atoms with Crippen LogP contribution in [0.15, 0.2) is 0 Å². The number of rotatable bonds is 48. The molecule has 1 unspecified atom stereocenters. The summed E-state index contributed by atoms with van der Waals surface area (Å²) in [5.41, 5.74) is 44.7. The highest BCUT2D eigenvalue weighted by molar-refractivity contribution is 5.83. The Bertz CT molecular complexity index is 883. The zero-order valence-corrected chi connectivity index (χ0v) is 41.0. The van der Waals surface area contributed by atoms with Crippen LogP contribution in [0.25, 0.3) is 0 Å². The quantitative estimate of drug-likeness (QED) is 0.0334. The molecule has 0 rings (SSSR count). The lowest BCUT2D eigenvalue weighted by atomic mass is 10.0. The van der Waals surface area contributed by atoms with Crippen LogP contribution in [0.3, 0.4) is 0 Å². The van der Waals surface area contributed by atoms with Crippen LogP contribution < -0.4 is 45.9 Å². The summed E-state index contributed by atoms with van der Waals surface area (Å²) in [6.07, 6.45) is 14.8. The Hall–Kier alpha value is -1.66. The van der Waals surface area contributed by atoms with Crippen LogP contribution in [-0.4, -0.2) is 232 Å². The maximum atomic E-state index is 10.0. The van der Waals surface area contributed by atoms with Crippen LogP contribution >= 0.6 is 0 Å². The number of hydrogen-bond acceptors (Lipinski definition) is 17. The average Bonchev–Trinajstić information content (AvgIpc) is 3.27. The van der Waals surface area contributed by atoms with Gasteiger partial charge in [-0.25, -0.2) is 4.79 Å². The van der Waals surface area contributed by atoms with Crippen molar-refractivity contribution in [1.82, 2.24) is 29.4 Å². The van der Waals surface area contributed by atoms with E-state index in [0.29, 0.717) is 0 Å². The molecule has 0 aliphatic rings. The number of aliphatic carboxylic acids is 2. The van der Waals surface area contributed by atoms with Crippen molar-refractivity contribution < 1.29 is 24.9 Å². The molecule has 0 radical (unpaired) electrons. The van der Waals surface area contributed by atoms with Crippen LogP contribution in [0.2, 0.25) is 0 Å². The predicted molar refractivity (Wildman–Crippen MR) is 266 cm³/mol. The number of carbonyl (C=O) groups is 2. The summed E-state index contributed by atoms with van der Waals surface area (Å²) < 4.78 is 0. The molecular formula is C45H104N14O5. The molecule has 0 spiro atoms. The summed E-state index contributed by atoms with van der Waals surface area (Å²) in [6.45, 7) is 26.8. The molecule has 0 fully saturated rings. The van der Waals surface area contributed by atoms with Crippen molar-refractivity contribution >= 4 is 11.9 Å². The highest BCUT2D eigenvalue weighted by Crippen LogP contribution is 2.09. The maximum absolute atomic E-state index is 10.0. The third-order valence-electron chi connectivity index (χ3n) is 11.4. The molecule has 0 aromatic rings. The smallest absolute Gasteiger partial charge is 0.335 e. The minimum atomic E-state index is -2.16. The molecule has 0 saturated heterocycles. The molecular weight excluding hydrogens is 817 g/mol. The largest absolute Gasteiger partial charge is 0.481 e. The molecule has 0 amide bonds. The van der Waals surface area contributed by atoms with E-state index in [2.05, 4.69) is 29.4 Å². The molecule has 0 aromatic carbocycles. The molecule has 19 nitrogen and oxygen atoms in total. The molecule has 64 heavy (non-hydrogen) atoms. The Morgan fingerprint density at radius 1 is 0.328 bits per heavy atom. The van der Waals surface area contributed by atoms with E-state index in [1.165, 1.54) is 38.5 Å². The zero-order chi connectivity index (χ0) is 48.1. The van der Waals surface area contributed by atoms with E-state index in [4.69, 9.17) is 61.2 Å². The average molecular weight is 921 g/mol. The molecule has 0 aromatic heterocycles. The normalized spacial score (nSPS) is 12.9. The van der Waals surface area contributed by atoms with E-state index in [0.717, 1.165) is 228 Å². The Kier molecular flexibility index (Phi) is 46.8. The summed E-state index contributed by atoms with van der Waals surface area (Å²) in [6, 6.07) is 0. The number of carboxylic acids is 2. The molecule has 0 aliphatic heterocycles. The summed E-state index contributed by atoms with van der Waals surface area (Å²) in [5, 5.41) is 25.0. The Balaban J connectivity index is 0. The second kappa shape index (κ2) is 46.5. The molecule has 0 bridgehead atoms. The number of unbranched alkanes of at least 4 members (excludes halogenated alkanes) is 1. The highest BCUT2D eigenvalue weighted by Gasteiger charge is 2.32. The van der Waals surface area contributed by atoms with Crippen molar-refractivity contribution in [2.45, 2.75) is 109 Å². The summed E-state index contributed by atoms with van der Waals surface area (Å²) in [5.74, 6) is -2.87. The second-order valence-corrected chi connectivity index (χ2v) is 17.5. The first kappa shape index (κ1) is 64.4. The van der Waals surface area contributed by atoms with E-state index < -0.39 is 24.0 Å². The lowest BCUT2D eigenvalue weighted by Crippen LogP contribution is -2.37. The first-order chi connectivity index (χ1) is 30.9. The third-order valence-corrected chi connectivity index (χ3v) is 11.4. The van der Waals surface area contributed by atoms with Gasteiger partial charge in [-0.1, -0.05) is 0 Å². The van der Waals surface area contributed by atoms with Gasteiger partial charge in [0, 0.05) is 0 Å². The summed E-state index contributed by atoms with van der Waals surface area (Å²) in [4.78, 5) is 35.7. The first-order valence-electron chi connectivity index (χ1n) is 25.0. The second-order valence-electron chi connectivity index (χ2n) is 17.5. The molecule has 19 N–H and O–H groups in total. The van der Waals surface area contributed by atoms with Gasteiger partial charge in [-0.05, 0) is 267 Å². The molecule has 0 saturated carbocycles. The van der Waals surface area contributed by atoms with Gasteiger partial charge in [0.15, 0.2) is 5.60 Å². The third kappa shape index (κ3) is 40.6. The molecule has 1 atom stereocenters. The maximum Gasteiger partial charge on any atom is 0.335 e. The molecule has 384 valence electrons. The van der Waals surface area contributed by atoms with E-state index in [-0.39, 0.29) is 0 Å². The lowest BCUT2D eigenvalue weighted by Gasteiger charge is -2.29. The van der Waals surface area contributed by atoms with E-state index in [1.807, 2.05) is 0 Å². The van der Waals surface area contributed by atoms with Crippen molar-refractivity contribution in [1.29, 1.82) is 0 Å². The van der Waals surface area contributed by atoms with E-state index in [1.54, 1.807) is 0 Å². The van der Waals surface area contributed by atoms with Gasteiger partial charge in [-0.15, -0.1) is 0 Å². The Morgan fingerprint density at radius 2 is 0.484 bits per heavy atom. The Labute approximate surface area is 390 Å². The zero-order valence-electron chi connectivity index (χ0n) is 41.0. The number of aliphatic hydroxyl groups is 1. The number of nitrogens with zero attached hydrogens (tertiary/aromatic N) is 6. The lowest BCUT2D eigenvalue weighted by molar-refractivity contribution is -0.163. The standard InChI is InChI=1S/C40H96N14.C5H8O5/c41-15-3-25-51(26-4-16-42)37-11-33-49(34-12-38-52(27-5-17-43)28-6-18-44)23-1-2-24-50(35-13-39-53(29-7-19-45)30-8-20-46)36-14-40-54(31-9-21-47)32-10-22-48;1-5(10,4(8)9)2-3(6)7/h1-48H2;10H,2H2,1H3,(H,6,7)(H,8,9). The van der Waals surface area contributed by atoms with Gasteiger partial charge in [0.25, 0.3) is 0 Å². The topological polar surface area (TPSA) is 322 Å². The van der Waals surface area contributed by atoms with E-state index >= 15 is 0 Å². The molecule has 19 heteroatoms. The SMILES string of the molecule is CC(O)(CC(=O)O)C(=O)O.NCCCN(CCCN)CCCN(CCCCN(CCCN(CCCN)CCCN)CCCN(CCCN)CCCN)CCCN(CCCN)CCCN. The van der Waals surface area contributed by atoms with Crippen molar-refractivity contribution in [3.05, 3.63) is 0 Å². The van der Waals surface area contributed by atoms with Gasteiger partial charge in [-0.2, -0.15) is 0 Å². The van der Waals surface area contributed by atoms with Gasteiger partial charge in [0.1, 0.15) is 0 Å². The van der Waals surface area contributed by atoms with E-state index in [9.17, 15) is 9.59 Å².